The number of pyridine rings is 1. The zero-order valence-corrected chi connectivity index (χ0v) is 70.1. The number of likely N-dealkylation sites (N-methyl/N-ethyl adjacent to an activating group) is 1. The highest BCUT2D eigenvalue weighted by molar-refractivity contribution is 6.26. The number of nitrogens with zero attached hydrogens (tertiary/aromatic N) is 10. The van der Waals surface area contributed by atoms with Crippen molar-refractivity contribution in [3.8, 4) is 22.6 Å². The van der Waals surface area contributed by atoms with E-state index in [1.165, 1.54) is 107 Å². The van der Waals surface area contributed by atoms with Crippen LogP contribution in [0.1, 0.15) is 167 Å². The van der Waals surface area contributed by atoms with Crippen LogP contribution in [0.2, 0.25) is 0 Å². The van der Waals surface area contributed by atoms with Gasteiger partial charge in [0.2, 0.25) is 0 Å². The van der Waals surface area contributed by atoms with Gasteiger partial charge < -0.3 is 46.1 Å². The maximum Gasteiger partial charge on any atom is 0.272 e. The van der Waals surface area contributed by atoms with Crippen molar-refractivity contribution < 1.29 is 33.4 Å². The number of methoxy groups -OCH3 is 1. The fraction of sp³-hybridized carbons (Fsp3) is 0.344. The summed E-state index contributed by atoms with van der Waals surface area (Å²) in [7, 11) is 3.78. The van der Waals surface area contributed by atoms with E-state index in [1.54, 1.807) is 56.5 Å². The molecule has 0 bridgehead atoms. The van der Waals surface area contributed by atoms with Gasteiger partial charge in [0.15, 0.2) is 17.4 Å². The molecule has 0 unspecified atom stereocenters. The number of halogens is 1. The highest BCUT2D eigenvalue weighted by Gasteiger charge is 2.48. The van der Waals surface area contributed by atoms with Gasteiger partial charge in [-0.3, -0.25) is 63.1 Å². The minimum absolute atomic E-state index is 0.0340. The van der Waals surface area contributed by atoms with Crippen LogP contribution < -0.4 is 37.8 Å². The Morgan fingerprint density at radius 1 is 0.634 bits per heavy atom. The number of Topliss-reactive ketones (excluding diaryl/α,β-unsaturated/α-hetero) is 2. The zero-order chi connectivity index (χ0) is 85.2. The van der Waals surface area contributed by atoms with E-state index < -0.39 is 0 Å². The van der Waals surface area contributed by atoms with E-state index in [0.29, 0.717) is 69.1 Å². The van der Waals surface area contributed by atoms with E-state index in [1.807, 2.05) is 24.3 Å². The van der Waals surface area contributed by atoms with Crippen molar-refractivity contribution in [3.05, 3.63) is 254 Å². The zero-order valence-electron chi connectivity index (χ0n) is 70.1. The maximum atomic E-state index is 13.9. The molecule has 23 rings (SSSR count). The number of nitrogens with one attached hydrogen (secondary N) is 6. The number of aromatic nitrogens is 6. The third-order valence-corrected chi connectivity index (χ3v) is 26.0. The Balaban J connectivity index is 0.000000104. The number of aryl methyl sites for hydroxylation is 2. The van der Waals surface area contributed by atoms with Crippen molar-refractivity contribution in [1.29, 1.82) is 0 Å². The second kappa shape index (κ2) is 33.6. The summed E-state index contributed by atoms with van der Waals surface area (Å²) >= 11 is 0. The number of phenolic OH excluding ortho intramolecular Hbond substituents is 1. The molecule has 2 amide bonds. The van der Waals surface area contributed by atoms with Crippen molar-refractivity contribution in [3.63, 3.8) is 0 Å². The monoisotopic (exact) mass is 1650 g/mol. The highest BCUT2D eigenvalue weighted by Crippen LogP contribution is 2.52. The minimum atomic E-state index is -0.369. The second-order valence-corrected chi connectivity index (χ2v) is 34.1. The van der Waals surface area contributed by atoms with Crippen LogP contribution in [0.3, 0.4) is 0 Å². The molecule has 12 aromatic rings. The molecule has 630 valence electrons. The van der Waals surface area contributed by atoms with Gasteiger partial charge in [-0.25, -0.2) is 19.5 Å². The molecule has 1 atom stereocenters. The normalized spacial score (nSPS) is 18.4. The number of H-pyrrole nitrogens is 4. The summed E-state index contributed by atoms with van der Waals surface area (Å²) in [6.07, 6.45) is 11.9. The Morgan fingerprint density at radius 2 is 1.37 bits per heavy atom. The quantitative estimate of drug-likeness (QED) is 0.0398. The van der Waals surface area contributed by atoms with Crippen molar-refractivity contribution in [2.24, 2.45) is 9.98 Å². The van der Waals surface area contributed by atoms with Gasteiger partial charge in [-0.1, -0.05) is 73.2 Å². The molecule has 9 N–H and O–H groups in total. The number of amidine groups is 1. The van der Waals surface area contributed by atoms with Gasteiger partial charge in [-0.2, -0.15) is 5.10 Å². The number of para-hydroxylation sites is 1. The van der Waals surface area contributed by atoms with E-state index in [-0.39, 0.29) is 63.7 Å². The van der Waals surface area contributed by atoms with Crippen LogP contribution in [0.4, 0.5) is 27.3 Å². The summed E-state index contributed by atoms with van der Waals surface area (Å²) in [5.41, 5.74) is 28.3. The molecule has 11 aliphatic rings. The molecule has 9 aliphatic heterocycles. The first-order chi connectivity index (χ1) is 59.5. The lowest BCUT2D eigenvalue weighted by Crippen LogP contribution is -2.50. The van der Waals surface area contributed by atoms with Crippen LogP contribution in [0.5, 0.6) is 11.5 Å². The molecule has 0 radical (unpaired) electrons. The van der Waals surface area contributed by atoms with Gasteiger partial charge in [-0.05, 0) is 224 Å². The van der Waals surface area contributed by atoms with E-state index in [4.69, 9.17) is 10.5 Å². The number of carbonyl (C=O) groups is 4. The van der Waals surface area contributed by atoms with Crippen molar-refractivity contribution in [1.82, 2.24) is 59.5 Å². The number of hydrogen-bond donors (Lipinski definition) is 8. The molecule has 0 spiro atoms. The fourth-order valence-electron chi connectivity index (χ4n) is 20.0. The van der Waals surface area contributed by atoms with E-state index in [0.717, 1.165) is 201 Å². The minimum Gasteiger partial charge on any atom is -0.506 e. The number of benzene rings is 8. The van der Waals surface area contributed by atoms with Gasteiger partial charge in [0.25, 0.3) is 28.5 Å². The van der Waals surface area contributed by atoms with Crippen LogP contribution >= 0.6 is 0 Å². The maximum absolute atomic E-state index is 13.9. The Kier molecular flexibility index (Phi) is 22.2. The highest BCUT2D eigenvalue weighted by atomic mass is 19.1. The van der Waals surface area contributed by atoms with Crippen LogP contribution in [-0.2, 0) is 50.9 Å². The number of nitrogen functional groups attached to an aromatic ring is 1. The number of nitrogens with two attached hydrogens (primary N) is 1. The summed E-state index contributed by atoms with van der Waals surface area (Å²) in [5, 5.41) is 26.7. The Labute approximate surface area is 709 Å². The van der Waals surface area contributed by atoms with Crippen LogP contribution in [0.15, 0.2) is 152 Å². The van der Waals surface area contributed by atoms with Crippen LogP contribution in [-0.4, -0.2) is 192 Å². The summed E-state index contributed by atoms with van der Waals surface area (Å²) in [5.74, 6) is 2.08. The van der Waals surface area contributed by atoms with E-state index in [2.05, 4.69) is 139 Å². The van der Waals surface area contributed by atoms with Gasteiger partial charge in [0.1, 0.15) is 41.0 Å². The third kappa shape index (κ3) is 15.6. The predicted octanol–water partition coefficient (Wildman–Crippen LogP) is 13.2. The number of hydrogen-bond acceptors (Lipinski definition) is 21. The predicted molar refractivity (Wildman–Crippen MR) is 478 cm³/mol. The first kappa shape index (κ1) is 81.4. The van der Waals surface area contributed by atoms with Crippen molar-refractivity contribution in [2.75, 3.05) is 109 Å². The molecule has 13 heterocycles. The summed E-state index contributed by atoms with van der Waals surface area (Å²) in [4.78, 5) is 122. The molecule has 4 aromatic heterocycles. The number of fused-ring (bicyclic) bond motifs is 15. The topological polar surface area (TPSA) is 332 Å². The Morgan fingerprint density at radius 3 is 2.14 bits per heavy atom. The van der Waals surface area contributed by atoms with Crippen molar-refractivity contribution in [2.45, 2.75) is 123 Å². The number of aromatic hydroxyl groups is 1. The number of rotatable bonds is 8. The molecule has 123 heavy (non-hydrogen) atoms. The van der Waals surface area contributed by atoms with Crippen LogP contribution in [0, 0.1) is 19.7 Å². The lowest BCUT2D eigenvalue weighted by molar-refractivity contribution is 0.0475. The number of piperazine rings is 1. The molecule has 2 aliphatic carbocycles. The van der Waals surface area contributed by atoms with E-state index in [9.17, 15) is 43.1 Å². The lowest BCUT2D eigenvalue weighted by Gasteiger charge is -2.39. The fourth-order valence-corrected chi connectivity index (χ4v) is 20.0. The molecule has 8 aromatic carbocycles. The summed E-state index contributed by atoms with van der Waals surface area (Å²) in [6, 6.07) is 39.2. The van der Waals surface area contributed by atoms with Gasteiger partial charge in [-0.15, -0.1) is 0 Å². The second-order valence-electron chi connectivity index (χ2n) is 34.1. The number of aromatic amines is 4. The lowest BCUT2D eigenvalue weighted by atomic mass is 9.85. The molecular weight excluding hydrogens is 1550 g/mol. The van der Waals surface area contributed by atoms with E-state index >= 15 is 0 Å². The molecular formula is C96H100FN17O9. The Bertz CT molecular complexity index is 6560. The number of imide groups is 1. The largest absolute Gasteiger partial charge is 0.506 e. The number of ether oxygens (including phenoxy) is 1. The number of likely N-dealkylation sites (tertiary alicyclic amines) is 1. The first-order valence-corrected chi connectivity index (χ1v) is 42.7. The van der Waals surface area contributed by atoms with Crippen LogP contribution in [0.25, 0.3) is 54.6 Å². The van der Waals surface area contributed by atoms with Crippen molar-refractivity contribution >= 4 is 101 Å². The Hall–Kier alpha value is -12.7. The number of carbonyl (C=O) groups excluding carboxylic acids is 4. The molecule has 3 saturated heterocycles. The average molecular weight is 1650 g/mol. The van der Waals surface area contributed by atoms with Gasteiger partial charge >= 0.3 is 0 Å². The smallest absolute Gasteiger partial charge is 0.272 e. The molecule has 27 heteroatoms. The molecule has 26 nitrogen and oxygen atoms in total. The number of piperidine rings is 1. The number of amides is 2. The number of aliphatic imine (C=N–C) groups is 2. The molecule has 0 saturated carbocycles. The average Bonchev–Trinajstić information content (AvgIpc) is 1.55. The van der Waals surface area contributed by atoms with Gasteiger partial charge in [0, 0.05) is 120 Å². The number of phenols is 1. The standard InChI is InChI=1S/C25H27N3O3.C19H25N3O.C18H15N5O.C17H16FN3O.C9H8N2O2.C8H9NO/c1-26-9-11-27(12-10-26)14-28-24(29)22-17-7-4-6-16(17)18-13-15-5-3-8-19(31-2)20(15)21(18)23(22)25(28)30;1-13-10-14(12-22-8-3-2-4-9-22)11-16-17(13)18-15(19(23)21-16)6-5-7-20-18;24-18-13-6-3-7-14-16(13)17(21-22-18)20-15(19-14)10-23-8-11-4-1-2-5-12(11)9-23;1-17-3-2-4-21(17)8-12-15-14-10(13(22)7-19-12)5-9(18)6-11(14)20-16(15)17;1-5-10-8-6(9(13)11-5)3-2-4-7(8)12;1-6(10)7-3-2-4-8(9)5-7/h3,5,8H,4,6-7,9-14H2,1-2H3;10-11,20H,2-9,12H2,1H3,(H,21,23);1-7H,8-10H2,(H,22,24)(H,19,20,21);5-6,20H,2-4,7-8H2,1H3;2-4,12H,1H3,(H,10,11,13);2-5H,9H2,1H3/t;;;17-;;/m...1../s1. The summed E-state index contributed by atoms with van der Waals surface area (Å²) < 4.78 is 19.6. The molecule has 3 fully saturated rings. The third-order valence-electron chi connectivity index (χ3n) is 26.0. The van der Waals surface area contributed by atoms with Gasteiger partial charge in [0.05, 0.1) is 75.8 Å². The first-order valence-electron chi connectivity index (χ1n) is 42.7. The summed E-state index contributed by atoms with van der Waals surface area (Å²) in [6.45, 7) is 20.5. The number of anilines is 3. The number of ketones is 2. The SMILES string of the molecule is CC(=O)c1cccc(N)c1.COc1cccc2c1-c1c(c3c(c4c1C(=O)N(CN1CCN(C)CC1)C4=O)CCC3)C2.C[C@]12CCCN1CC1=NCC(=O)c3cc(F)cc4[nH]c2c1c34.Cc1cc(CN2CCCCC2)cc2[nH]c(=O)c3c(c12)NCCC3.Cc1nc2c(O)cccc2c(=O)[nH]1.O=c1[nH]nc2c3c(cccc13)NC(CN1Cc3ccccc3C1)=N2.